The van der Waals surface area contributed by atoms with Crippen molar-refractivity contribution >= 4 is 17.8 Å². The standard InChI is InChI=1S/C27H29N5O2/c1-19-14-22(20(2)32(19)24-7-9-25(34-3)10-8-24)15-23(16-28)27(33)30-18-21-6-11-26(29-17-21)31-12-4-5-13-31/h6-11,14-15,17H,4-5,12-13,18H2,1-3H3,(H,30,33)/b23-15-. The number of aromatic nitrogens is 2. The van der Waals surface area contributed by atoms with Gasteiger partial charge in [-0.15, -0.1) is 0 Å². The molecule has 1 fully saturated rings. The molecule has 4 rings (SSSR count). The molecule has 3 aromatic rings. The normalized spacial score (nSPS) is 13.6. The smallest absolute Gasteiger partial charge is 0.262 e. The number of carbonyl (C=O) groups is 1. The van der Waals surface area contributed by atoms with Gasteiger partial charge in [-0.2, -0.15) is 5.26 Å². The highest BCUT2D eigenvalue weighted by molar-refractivity contribution is 6.01. The Bertz CT molecular complexity index is 1230. The number of methoxy groups -OCH3 is 1. The van der Waals surface area contributed by atoms with Crippen LogP contribution in [0, 0.1) is 25.2 Å². The van der Waals surface area contributed by atoms with Crippen LogP contribution in [-0.2, 0) is 11.3 Å². The molecule has 0 aliphatic carbocycles. The van der Waals surface area contributed by atoms with Gasteiger partial charge in [-0.25, -0.2) is 4.98 Å². The minimum absolute atomic E-state index is 0.0663. The Kier molecular flexibility index (Phi) is 6.98. The minimum atomic E-state index is -0.402. The van der Waals surface area contributed by atoms with Crippen molar-refractivity contribution in [2.75, 3.05) is 25.1 Å². The van der Waals surface area contributed by atoms with Crippen molar-refractivity contribution in [1.29, 1.82) is 5.26 Å². The Hall–Kier alpha value is -4.05. The fraction of sp³-hybridized carbons (Fsp3) is 0.296. The lowest BCUT2D eigenvalue weighted by Crippen LogP contribution is -2.24. The van der Waals surface area contributed by atoms with Crippen molar-refractivity contribution in [3.05, 3.63) is 76.7 Å². The molecule has 34 heavy (non-hydrogen) atoms. The number of nitriles is 1. The molecule has 7 nitrogen and oxygen atoms in total. The summed E-state index contributed by atoms with van der Waals surface area (Å²) in [6.45, 7) is 6.37. The average Bonchev–Trinajstić information content (AvgIpc) is 3.49. The van der Waals surface area contributed by atoms with Crippen molar-refractivity contribution in [3.8, 4) is 17.5 Å². The van der Waals surface area contributed by atoms with Crippen LogP contribution in [0.4, 0.5) is 5.82 Å². The van der Waals surface area contributed by atoms with E-state index in [0.717, 1.165) is 52.9 Å². The second-order valence-electron chi connectivity index (χ2n) is 8.43. The first-order valence-electron chi connectivity index (χ1n) is 11.4. The monoisotopic (exact) mass is 455 g/mol. The van der Waals surface area contributed by atoms with Crippen LogP contribution in [0.15, 0.2) is 54.2 Å². The molecule has 1 N–H and O–H groups in total. The molecule has 7 heteroatoms. The summed E-state index contributed by atoms with van der Waals surface area (Å²) >= 11 is 0. The fourth-order valence-electron chi connectivity index (χ4n) is 4.30. The zero-order chi connectivity index (χ0) is 24.1. The summed E-state index contributed by atoms with van der Waals surface area (Å²) in [5, 5.41) is 12.5. The number of pyridine rings is 1. The molecule has 0 saturated carbocycles. The molecule has 1 aromatic carbocycles. The molecule has 1 amide bonds. The molecule has 2 aromatic heterocycles. The van der Waals surface area contributed by atoms with Gasteiger partial charge in [0.25, 0.3) is 5.91 Å². The van der Waals surface area contributed by atoms with Crippen LogP contribution >= 0.6 is 0 Å². The number of hydrogen-bond donors (Lipinski definition) is 1. The molecule has 1 aliphatic rings. The maximum atomic E-state index is 12.7. The van der Waals surface area contributed by atoms with Crippen LogP contribution in [0.5, 0.6) is 5.75 Å². The molecule has 3 heterocycles. The van der Waals surface area contributed by atoms with E-state index in [0.29, 0.717) is 6.54 Å². The maximum absolute atomic E-state index is 12.7. The Morgan fingerprint density at radius 2 is 1.91 bits per heavy atom. The van der Waals surface area contributed by atoms with Gasteiger partial charge >= 0.3 is 0 Å². The Morgan fingerprint density at radius 1 is 1.18 bits per heavy atom. The third kappa shape index (κ3) is 4.96. The van der Waals surface area contributed by atoms with E-state index in [1.54, 1.807) is 19.4 Å². The minimum Gasteiger partial charge on any atom is -0.497 e. The van der Waals surface area contributed by atoms with E-state index in [1.165, 1.54) is 12.8 Å². The largest absolute Gasteiger partial charge is 0.497 e. The van der Waals surface area contributed by atoms with Crippen molar-refractivity contribution in [1.82, 2.24) is 14.9 Å². The average molecular weight is 456 g/mol. The second kappa shape index (κ2) is 10.3. The third-order valence-corrected chi connectivity index (χ3v) is 6.16. The van der Waals surface area contributed by atoms with Gasteiger partial charge < -0.3 is 19.5 Å². The van der Waals surface area contributed by atoms with Gasteiger partial charge in [0.2, 0.25) is 0 Å². The second-order valence-corrected chi connectivity index (χ2v) is 8.43. The lowest BCUT2D eigenvalue weighted by molar-refractivity contribution is -0.117. The number of nitrogens with one attached hydrogen (secondary N) is 1. The van der Waals surface area contributed by atoms with E-state index in [9.17, 15) is 10.1 Å². The van der Waals surface area contributed by atoms with Gasteiger partial charge in [0, 0.05) is 42.9 Å². The summed E-state index contributed by atoms with van der Waals surface area (Å²) in [4.78, 5) is 19.5. The quantitative estimate of drug-likeness (QED) is 0.424. The van der Waals surface area contributed by atoms with Gasteiger partial charge in [0.05, 0.1) is 7.11 Å². The van der Waals surface area contributed by atoms with Gasteiger partial charge in [-0.1, -0.05) is 6.07 Å². The summed E-state index contributed by atoms with van der Waals surface area (Å²) in [7, 11) is 1.64. The van der Waals surface area contributed by atoms with Crippen molar-refractivity contribution in [2.45, 2.75) is 33.2 Å². The summed E-state index contributed by atoms with van der Waals surface area (Å²) in [5.41, 5.74) is 4.74. The number of aryl methyl sites for hydroxylation is 1. The summed E-state index contributed by atoms with van der Waals surface area (Å²) in [6, 6.07) is 15.8. The Labute approximate surface area is 200 Å². The van der Waals surface area contributed by atoms with Crippen molar-refractivity contribution in [3.63, 3.8) is 0 Å². The number of ether oxygens (including phenoxy) is 1. The Morgan fingerprint density at radius 3 is 2.53 bits per heavy atom. The topological polar surface area (TPSA) is 83.2 Å². The van der Waals surface area contributed by atoms with E-state index >= 15 is 0 Å². The molecule has 0 radical (unpaired) electrons. The summed E-state index contributed by atoms with van der Waals surface area (Å²) < 4.78 is 7.33. The predicted octanol–water partition coefficient (Wildman–Crippen LogP) is 4.32. The highest BCUT2D eigenvalue weighted by atomic mass is 16.5. The molecule has 174 valence electrons. The first-order chi connectivity index (χ1) is 16.5. The zero-order valence-corrected chi connectivity index (χ0v) is 19.8. The highest BCUT2D eigenvalue weighted by Gasteiger charge is 2.15. The van der Waals surface area contributed by atoms with E-state index < -0.39 is 5.91 Å². The van der Waals surface area contributed by atoms with Crippen molar-refractivity contribution < 1.29 is 9.53 Å². The maximum Gasteiger partial charge on any atom is 0.262 e. The first-order valence-corrected chi connectivity index (χ1v) is 11.4. The number of rotatable bonds is 7. The highest BCUT2D eigenvalue weighted by Crippen LogP contribution is 2.24. The van der Waals surface area contributed by atoms with Gasteiger partial charge in [-0.3, -0.25) is 4.79 Å². The fourth-order valence-corrected chi connectivity index (χ4v) is 4.30. The molecule has 0 unspecified atom stereocenters. The molecular weight excluding hydrogens is 426 g/mol. The van der Waals surface area contributed by atoms with E-state index in [1.807, 2.05) is 62.4 Å². The van der Waals surface area contributed by atoms with Crippen LogP contribution < -0.4 is 15.0 Å². The Balaban J connectivity index is 1.46. The number of carbonyl (C=O) groups excluding carboxylic acids is 1. The van der Waals surface area contributed by atoms with Crippen LogP contribution in [0.1, 0.15) is 35.4 Å². The lowest BCUT2D eigenvalue weighted by Gasteiger charge is -2.16. The number of amides is 1. The van der Waals surface area contributed by atoms with E-state index in [4.69, 9.17) is 4.74 Å². The van der Waals surface area contributed by atoms with Gasteiger partial charge in [0.15, 0.2) is 0 Å². The number of nitrogens with zero attached hydrogens (tertiary/aromatic N) is 4. The van der Waals surface area contributed by atoms with Crippen molar-refractivity contribution in [2.24, 2.45) is 0 Å². The molecule has 0 bridgehead atoms. The molecule has 1 saturated heterocycles. The third-order valence-electron chi connectivity index (χ3n) is 6.16. The molecular formula is C27H29N5O2. The van der Waals surface area contributed by atoms with Crippen LogP contribution in [-0.4, -0.2) is 35.7 Å². The molecule has 0 atom stereocenters. The van der Waals surface area contributed by atoms with E-state index in [-0.39, 0.29) is 5.57 Å². The summed E-state index contributed by atoms with van der Waals surface area (Å²) in [5.74, 6) is 1.36. The van der Waals surface area contributed by atoms with Gasteiger partial charge in [0.1, 0.15) is 23.2 Å². The number of anilines is 1. The van der Waals surface area contributed by atoms with Crippen LogP contribution in [0.3, 0.4) is 0 Å². The van der Waals surface area contributed by atoms with Crippen LogP contribution in [0.2, 0.25) is 0 Å². The zero-order valence-electron chi connectivity index (χ0n) is 19.8. The number of hydrogen-bond acceptors (Lipinski definition) is 5. The van der Waals surface area contributed by atoms with E-state index in [2.05, 4.69) is 19.8 Å². The lowest BCUT2D eigenvalue weighted by atomic mass is 10.1. The van der Waals surface area contributed by atoms with Crippen LogP contribution in [0.25, 0.3) is 11.8 Å². The first kappa shape index (κ1) is 23.1. The molecule has 0 spiro atoms. The summed E-state index contributed by atoms with van der Waals surface area (Å²) in [6.07, 6.45) is 5.83. The SMILES string of the molecule is COc1ccc(-n2c(C)cc(/C=C(/C#N)C(=O)NCc3ccc(N4CCCC4)nc3)c2C)cc1. The predicted molar refractivity (Wildman–Crippen MR) is 133 cm³/mol. The van der Waals surface area contributed by atoms with Gasteiger partial charge in [-0.05, 0) is 80.3 Å². The molecule has 1 aliphatic heterocycles. The number of benzene rings is 1.